The van der Waals surface area contributed by atoms with Crippen molar-refractivity contribution in [1.29, 1.82) is 0 Å². The van der Waals surface area contributed by atoms with Crippen molar-refractivity contribution in [2.75, 3.05) is 5.32 Å². The van der Waals surface area contributed by atoms with Gasteiger partial charge in [0.1, 0.15) is 11.6 Å². The lowest BCUT2D eigenvalue weighted by molar-refractivity contribution is 0.414. The Morgan fingerprint density at radius 2 is 2.00 bits per heavy atom. The zero-order chi connectivity index (χ0) is 12.5. The minimum atomic E-state index is 0.614. The molecule has 1 aromatic rings. The van der Waals surface area contributed by atoms with E-state index in [-0.39, 0.29) is 0 Å². The van der Waals surface area contributed by atoms with Crippen molar-refractivity contribution >= 4 is 5.69 Å². The maximum Gasteiger partial charge on any atom is 0.150 e. The Labute approximate surface area is 108 Å². The number of rotatable bonds is 1. The number of ether oxygens (including phenoxy) is 1. The lowest BCUT2D eigenvalue weighted by Crippen LogP contribution is -2.19. The molecule has 1 saturated carbocycles. The Morgan fingerprint density at radius 3 is 2.78 bits per heavy atom. The Balaban J connectivity index is 1.86. The van der Waals surface area contributed by atoms with Crippen molar-refractivity contribution in [2.24, 2.45) is 5.73 Å². The van der Waals surface area contributed by atoms with E-state index in [1.807, 2.05) is 6.92 Å². The average Bonchev–Trinajstić information content (AvgIpc) is 2.41. The number of fused-ring (bicyclic) bond motifs is 1. The molecule has 0 atom stereocenters. The SMILES string of the molecule is CC1=C(N)Nc2cc(C3CCCCC3)ccc2O1. The van der Waals surface area contributed by atoms with E-state index in [2.05, 4.69) is 23.5 Å². The summed E-state index contributed by atoms with van der Waals surface area (Å²) >= 11 is 0. The molecule has 1 aliphatic heterocycles. The Bertz CT molecular complexity index is 487. The van der Waals surface area contributed by atoms with Crippen LogP contribution >= 0.6 is 0 Å². The van der Waals surface area contributed by atoms with Crippen LogP contribution in [0.4, 0.5) is 5.69 Å². The monoisotopic (exact) mass is 244 g/mol. The van der Waals surface area contributed by atoms with E-state index in [1.54, 1.807) is 0 Å². The van der Waals surface area contributed by atoms with Crippen LogP contribution in [-0.4, -0.2) is 0 Å². The molecule has 3 heteroatoms. The molecule has 96 valence electrons. The van der Waals surface area contributed by atoms with Crippen LogP contribution in [0, 0.1) is 0 Å². The molecule has 0 spiro atoms. The molecule has 1 heterocycles. The molecule has 18 heavy (non-hydrogen) atoms. The van der Waals surface area contributed by atoms with Crippen LogP contribution in [0.3, 0.4) is 0 Å². The Morgan fingerprint density at radius 1 is 1.22 bits per heavy atom. The Hall–Kier alpha value is -1.64. The summed E-state index contributed by atoms with van der Waals surface area (Å²) in [5, 5.41) is 3.22. The average molecular weight is 244 g/mol. The molecule has 0 amide bonds. The fraction of sp³-hybridized carbons (Fsp3) is 0.467. The second-order valence-corrected chi connectivity index (χ2v) is 5.29. The molecule has 1 fully saturated rings. The minimum Gasteiger partial charge on any atom is -0.456 e. The summed E-state index contributed by atoms with van der Waals surface area (Å²) in [5.74, 6) is 2.94. The van der Waals surface area contributed by atoms with E-state index >= 15 is 0 Å². The van der Waals surface area contributed by atoms with E-state index in [0.717, 1.165) is 17.2 Å². The van der Waals surface area contributed by atoms with E-state index in [0.29, 0.717) is 11.7 Å². The van der Waals surface area contributed by atoms with Crippen molar-refractivity contribution in [2.45, 2.75) is 44.9 Å². The fourth-order valence-electron chi connectivity index (χ4n) is 2.88. The lowest BCUT2D eigenvalue weighted by Gasteiger charge is -2.25. The summed E-state index contributed by atoms with van der Waals surface area (Å²) < 4.78 is 5.68. The third-order valence-corrected chi connectivity index (χ3v) is 3.99. The standard InChI is InChI=1S/C15H20N2O/c1-10-15(16)17-13-9-12(7-8-14(13)18-10)11-5-3-2-4-6-11/h7-9,11,17H,2-6,16H2,1H3. The van der Waals surface area contributed by atoms with Crippen molar-refractivity contribution < 1.29 is 4.74 Å². The van der Waals surface area contributed by atoms with E-state index in [9.17, 15) is 0 Å². The molecule has 0 aromatic heterocycles. The molecule has 3 rings (SSSR count). The molecule has 1 aliphatic carbocycles. The third kappa shape index (κ3) is 2.05. The first-order valence-corrected chi connectivity index (χ1v) is 6.79. The number of hydrogen-bond donors (Lipinski definition) is 2. The van der Waals surface area contributed by atoms with Gasteiger partial charge in [0.05, 0.1) is 5.69 Å². The van der Waals surface area contributed by atoms with Crippen LogP contribution in [0.15, 0.2) is 29.8 Å². The van der Waals surface area contributed by atoms with Crippen LogP contribution in [0.5, 0.6) is 5.75 Å². The van der Waals surface area contributed by atoms with Gasteiger partial charge in [-0.05, 0) is 43.4 Å². The second kappa shape index (κ2) is 4.56. The van der Waals surface area contributed by atoms with Crippen molar-refractivity contribution in [3.63, 3.8) is 0 Å². The largest absolute Gasteiger partial charge is 0.456 e. The highest BCUT2D eigenvalue weighted by Gasteiger charge is 2.19. The van der Waals surface area contributed by atoms with E-state index < -0.39 is 0 Å². The van der Waals surface area contributed by atoms with Gasteiger partial charge in [0.25, 0.3) is 0 Å². The number of nitrogens with one attached hydrogen (secondary N) is 1. The molecule has 2 aliphatic rings. The molecule has 1 aromatic carbocycles. The van der Waals surface area contributed by atoms with Gasteiger partial charge < -0.3 is 15.8 Å². The molecular formula is C15H20N2O. The number of hydrogen-bond acceptors (Lipinski definition) is 3. The molecule has 0 radical (unpaired) electrons. The van der Waals surface area contributed by atoms with Crippen molar-refractivity contribution in [1.82, 2.24) is 0 Å². The van der Waals surface area contributed by atoms with E-state index in [1.165, 1.54) is 37.7 Å². The third-order valence-electron chi connectivity index (χ3n) is 3.99. The number of anilines is 1. The molecule has 0 saturated heterocycles. The van der Waals surface area contributed by atoms with Gasteiger partial charge in [-0.2, -0.15) is 0 Å². The first-order valence-electron chi connectivity index (χ1n) is 6.79. The van der Waals surface area contributed by atoms with Gasteiger partial charge in [0.2, 0.25) is 0 Å². The maximum absolute atomic E-state index is 5.87. The summed E-state index contributed by atoms with van der Waals surface area (Å²) in [6, 6.07) is 6.46. The summed E-state index contributed by atoms with van der Waals surface area (Å²) in [5.41, 5.74) is 8.28. The highest BCUT2D eigenvalue weighted by atomic mass is 16.5. The first-order chi connectivity index (χ1) is 8.74. The van der Waals surface area contributed by atoms with Crippen LogP contribution in [0.1, 0.15) is 50.5 Å². The number of benzene rings is 1. The normalized spacial score (nSPS) is 20.1. The van der Waals surface area contributed by atoms with Crippen LogP contribution in [0.2, 0.25) is 0 Å². The van der Waals surface area contributed by atoms with Crippen LogP contribution in [0.25, 0.3) is 0 Å². The quantitative estimate of drug-likeness (QED) is 0.792. The molecule has 3 N–H and O–H groups in total. The zero-order valence-electron chi connectivity index (χ0n) is 10.8. The maximum atomic E-state index is 5.87. The van der Waals surface area contributed by atoms with Gasteiger partial charge in [-0.15, -0.1) is 0 Å². The Kier molecular flexibility index (Phi) is 2.90. The van der Waals surface area contributed by atoms with Gasteiger partial charge in [0.15, 0.2) is 5.75 Å². The highest BCUT2D eigenvalue weighted by molar-refractivity contribution is 5.63. The van der Waals surface area contributed by atoms with Gasteiger partial charge in [-0.25, -0.2) is 0 Å². The predicted octanol–water partition coefficient (Wildman–Crippen LogP) is 3.69. The van der Waals surface area contributed by atoms with Crippen LogP contribution < -0.4 is 15.8 Å². The van der Waals surface area contributed by atoms with Gasteiger partial charge in [0, 0.05) is 0 Å². The molecule has 0 unspecified atom stereocenters. The fourth-order valence-corrected chi connectivity index (χ4v) is 2.88. The topological polar surface area (TPSA) is 47.3 Å². The lowest BCUT2D eigenvalue weighted by atomic mass is 9.84. The smallest absolute Gasteiger partial charge is 0.150 e. The van der Waals surface area contributed by atoms with Gasteiger partial charge >= 0.3 is 0 Å². The number of allylic oxidation sites excluding steroid dienone is 1. The highest BCUT2D eigenvalue weighted by Crippen LogP contribution is 2.38. The zero-order valence-corrected chi connectivity index (χ0v) is 10.8. The summed E-state index contributed by atoms with van der Waals surface area (Å²) in [4.78, 5) is 0. The van der Waals surface area contributed by atoms with Gasteiger partial charge in [-0.1, -0.05) is 25.3 Å². The first kappa shape index (κ1) is 11.5. The van der Waals surface area contributed by atoms with E-state index in [4.69, 9.17) is 10.5 Å². The molecule has 3 nitrogen and oxygen atoms in total. The second-order valence-electron chi connectivity index (χ2n) is 5.29. The number of nitrogens with two attached hydrogens (primary N) is 1. The van der Waals surface area contributed by atoms with Crippen LogP contribution in [-0.2, 0) is 0 Å². The summed E-state index contributed by atoms with van der Waals surface area (Å²) in [7, 11) is 0. The summed E-state index contributed by atoms with van der Waals surface area (Å²) in [6.45, 7) is 1.88. The molecular weight excluding hydrogens is 224 g/mol. The minimum absolute atomic E-state index is 0.614. The van der Waals surface area contributed by atoms with Crippen molar-refractivity contribution in [3.05, 3.63) is 35.3 Å². The van der Waals surface area contributed by atoms with Crippen molar-refractivity contribution in [3.8, 4) is 5.75 Å². The molecule has 0 bridgehead atoms. The van der Waals surface area contributed by atoms with Gasteiger partial charge in [-0.3, -0.25) is 0 Å². The summed E-state index contributed by atoms with van der Waals surface area (Å²) in [6.07, 6.45) is 6.71. The predicted molar refractivity (Wildman–Crippen MR) is 73.4 cm³/mol.